The first kappa shape index (κ1) is 21.3. The zero-order chi connectivity index (χ0) is 20.2. The zero-order valence-electron chi connectivity index (χ0n) is 16.0. The van der Waals surface area contributed by atoms with E-state index in [0.29, 0.717) is 22.8 Å². The van der Waals surface area contributed by atoms with Gasteiger partial charge in [-0.3, -0.25) is 9.10 Å². The standard InChI is InChI=1S/C20H25ClN2O3S/c1-14-10-15(2)12-18(11-14)23(27(4,25)26)9-5-6-20(24)22-17-8-7-16(3)19(21)13-17/h7-8,10-13H,5-6,9H2,1-4H3,(H,22,24). The second kappa shape index (κ2) is 8.76. The van der Waals surface area contributed by atoms with Gasteiger partial charge in [-0.15, -0.1) is 0 Å². The van der Waals surface area contributed by atoms with E-state index in [1.807, 2.05) is 45.0 Å². The normalized spacial score (nSPS) is 11.3. The van der Waals surface area contributed by atoms with E-state index in [4.69, 9.17) is 11.6 Å². The maximum atomic E-state index is 12.2. The van der Waals surface area contributed by atoms with Gasteiger partial charge in [-0.2, -0.15) is 0 Å². The number of amides is 1. The third kappa shape index (κ3) is 6.26. The van der Waals surface area contributed by atoms with Crippen molar-refractivity contribution in [3.63, 3.8) is 0 Å². The Hall–Kier alpha value is -2.05. The van der Waals surface area contributed by atoms with Crippen LogP contribution in [0.5, 0.6) is 0 Å². The van der Waals surface area contributed by atoms with Gasteiger partial charge in [0.1, 0.15) is 0 Å². The third-order valence-electron chi connectivity index (χ3n) is 4.12. The lowest BCUT2D eigenvalue weighted by atomic mass is 10.1. The number of carbonyl (C=O) groups excluding carboxylic acids is 1. The van der Waals surface area contributed by atoms with Crippen LogP contribution in [0.1, 0.15) is 29.5 Å². The molecular formula is C20H25ClN2O3S. The van der Waals surface area contributed by atoms with Crippen LogP contribution in [-0.4, -0.2) is 27.1 Å². The largest absolute Gasteiger partial charge is 0.326 e. The first-order valence-corrected chi connectivity index (χ1v) is 10.9. The number of halogens is 1. The summed E-state index contributed by atoms with van der Waals surface area (Å²) >= 11 is 6.06. The summed E-state index contributed by atoms with van der Waals surface area (Å²) in [6.45, 7) is 5.98. The van der Waals surface area contributed by atoms with Gasteiger partial charge in [0.2, 0.25) is 15.9 Å². The minimum atomic E-state index is -3.43. The van der Waals surface area contributed by atoms with Gasteiger partial charge in [-0.25, -0.2) is 8.42 Å². The number of rotatable bonds is 7. The van der Waals surface area contributed by atoms with Gasteiger partial charge >= 0.3 is 0 Å². The van der Waals surface area contributed by atoms with E-state index >= 15 is 0 Å². The summed E-state index contributed by atoms with van der Waals surface area (Å²) in [5, 5.41) is 3.38. The Morgan fingerprint density at radius 3 is 2.26 bits per heavy atom. The highest BCUT2D eigenvalue weighted by Gasteiger charge is 2.18. The molecule has 146 valence electrons. The van der Waals surface area contributed by atoms with E-state index < -0.39 is 10.0 Å². The van der Waals surface area contributed by atoms with Gasteiger partial charge in [-0.1, -0.05) is 23.7 Å². The molecule has 0 saturated heterocycles. The lowest BCUT2D eigenvalue weighted by molar-refractivity contribution is -0.116. The molecule has 7 heteroatoms. The van der Waals surface area contributed by atoms with E-state index in [2.05, 4.69) is 5.32 Å². The van der Waals surface area contributed by atoms with Gasteiger partial charge in [0.15, 0.2) is 0 Å². The van der Waals surface area contributed by atoms with E-state index in [1.54, 1.807) is 12.1 Å². The Bertz CT molecular complexity index is 922. The fourth-order valence-electron chi connectivity index (χ4n) is 2.86. The molecule has 0 spiro atoms. The van der Waals surface area contributed by atoms with Crippen LogP contribution in [0.4, 0.5) is 11.4 Å². The van der Waals surface area contributed by atoms with Crippen LogP contribution in [0.15, 0.2) is 36.4 Å². The van der Waals surface area contributed by atoms with Gasteiger partial charge < -0.3 is 5.32 Å². The van der Waals surface area contributed by atoms with Gasteiger partial charge in [-0.05, 0) is 68.1 Å². The number of aryl methyl sites for hydroxylation is 3. The van der Waals surface area contributed by atoms with E-state index in [0.717, 1.165) is 16.7 Å². The maximum absolute atomic E-state index is 12.2. The molecule has 1 amide bonds. The Balaban J connectivity index is 2.01. The van der Waals surface area contributed by atoms with Crippen molar-refractivity contribution in [2.24, 2.45) is 0 Å². The van der Waals surface area contributed by atoms with Crippen molar-refractivity contribution in [2.45, 2.75) is 33.6 Å². The second-order valence-electron chi connectivity index (χ2n) is 6.80. The number of hydrogen-bond donors (Lipinski definition) is 1. The zero-order valence-corrected chi connectivity index (χ0v) is 17.6. The molecule has 5 nitrogen and oxygen atoms in total. The monoisotopic (exact) mass is 408 g/mol. The fourth-order valence-corrected chi connectivity index (χ4v) is 3.99. The number of carbonyl (C=O) groups is 1. The molecule has 0 saturated carbocycles. The van der Waals surface area contributed by atoms with Crippen LogP contribution in [0.3, 0.4) is 0 Å². The lowest BCUT2D eigenvalue weighted by Gasteiger charge is -2.23. The van der Waals surface area contributed by atoms with Crippen molar-refractivity contribution < 1.29 is 13.2 Å². The first-order valence-electron chi connectivity index (χ1n) is 8.68. The van der Waals surface area contributed by atoms with Gasteiger partial charge in [0.25, 0.3) is 0 Å². The Morgan fingerprint density at radius 1 is 1.07 bits per heavy atom. The summed E-state index contributed by atoms with van der Waals surface area (Å²) in [7, 11) is -3.43. The molecule has 0 bridgehead atoms. The molecule has 0 aliphatic carbocycles. The van der Waals surface area contributed by atoms with Crippen LogP contribution >= 0.6 is 11.6 Å². The van der Waals surface area contributed by atoms with Crippen LogP contribution in [-0.2, 0) is 14.8 Å². The second-order valence-corrected chi connectivity index (χ2v) is 9.11. The number of nitrogens with one attached hydrogen (secondary N) is 1. The van der Waals surface area contributed by atoms with Crippen molar-refractivity contribution in [2.75, 3.05) is 22.4 Å². The van der Waals surface area contributed by atoms with Crippen molar-refractivity contribution in [3.05, 3.63) is 58.1 Å². The molecule has 0 unspecified atom stereocenters. The molecular weight excluding hydrogens is 384 g/mol. The number of nitrogens with zero attached hydrogens (tertiary/aromatic N) is 1. The summed E-state index contributed by atoms with van der Waals surface area (Å²) in [5.74, 6) is -0.177. The quantitative estimate of drug-likeness (QED) is 0.735. The maximum Gasteiger partial charge on any atom is 0.232 e. The summed E-state index contributed by atoms with van der Waals surface area (Å²) in [4.78, 5) is 12.2. The van der Waals surface area contributed by atoms with Crippen LogP contribution in [0.25, 0.3) is 0 Å². The number of benzene rings is 2. The first-order chi connectivity index (χ1) is 12.6. The Morgan fingerprint density at radius 2 is 1.70 bits per heavy atom. The highest BCUT2D eigenvalue weighted by atomic mass is 35.5. The van der Waals surface area contributed by atoms with Crippen molar-refractivity contribution in [1.29, 1.82) is 0 Å². The summed E-state index contributed by atoms with van der Waals surface area (Å²) in [5.41, 5.74) is 4.18. The number of hydrogen-bond acceptors (Lipinski definition) is 3. The third-order valence-corrected chi connectivity index (χ3v) is 5.72. The minimum Gasteiger partial charge on any atom is -0.326 e. The molecule has 1 N–H and O–H groups in total. The molecule has 2 aromatic carbocycles. The molecule has 0 aliphatic heterocycles. The molecule has 0 heterocycles. The van der Waals surface area contributed by atoms with Gasteiger partial charge in [0.05, 0.1) is 11.9 Å². The van der Waals surface area contributed by atoms with E-state index in [9.17, 15) is 13.2 Å². The smallest absolute Gasteiger partial charge is 0.232 e. The Kier molecular flexibility index (Phi) is 6.89. The molecule has 0 aromatic heterocycles. The molecule has 0 aliphatic rings. The van der Waals surface area contributed by atoms with Crippen LogP contribution < -0.4 is 9.62 Å². The predicted octanol–water partition coefficient (Wildman–Crippen LogP) is 4.45. The highest BCUT2D eigenvalue weighted by molar-refractivity contribution is 7.92. The Labute approximate surface area is 166 Å². The minimum absolute atomic E-state index is 0.177. The fraction of sp³-hybridized carbons (Fsp3) is 0.350. The lowest BCUT2D eigenvalue weighted by Crippen LogP contribution is -2.31. The van der Waals surface area contributed by atoms with Crippen molar-refractivity contribution in [1.82, 2.24) is 0 Å². The SMILES string of the molecule is Cc1cc(C)cc(N(CCCC(=O)Nc2ccc(C)c(Cl)c2)S(C)(=O)=O)c1. The van der Waals surface area contributed by atoms with Crippen LogP contribution in [0, 0.1) is 20.8 Å². The average molecular weight is 409 g/mol. The summed E-state index contributed by atoms with van der Waals surface area (Å²) < 4.78 is 25.8. The predicted molar refractivity (Wildman–Crippen MR) is 112 cm³/mol. The summed E-state index contributed by atoms with van der Waals surface area (Å²) in [6, 6.07) is 11.0. The van der Waals surface area contributed by atoms with Gasteiger partial charge in [0, 0.05) is 23.7 Å². The number of sulfonamides is 1. The topological polar surface area (TPSA) is 66.5 Å². The van der Waals surface area contributed by atoms with E-state index in [-0.39, 0.29) is 18.9 Å². The molecule has 0 atom stereocenters. The average Bonchev–Trinajstić information content (AvgIpc) is 2.53. The molecule has 27 heavy (non-hydrogen) atoms. The molecule has 0 fully saturated rings. The molecule has 2 aromatic rings. The van der Waals surface area contributed by atoms with Crippen LogP contribution in [0.2, 0.25) is 5.02 Å². The summed E-state index contributed by atoms with van der Waals surface area (Å²) in [6.07, 6.45) is 1.80. The molecule has 0 radical (unpaired) electrons. The van der Waals surface area contributed by atoms with Crippen molar-refractivity contribution >= 4 is 38.9 Å². The number of anilines is 2. The van der Waals surface area contributed by atoms with Crippen molar-refractivity contribution in [3.8, 4) is 0 Å². The molecule has 2 rings (SSSR count). The van der Waals surface area contributed by atoms with E-state index in [1.165, 1.54) is 10.6 Å². The highest BCUT2D eigenvalue weighted by Crippen LogP contribution is 2.22.